The Hall–Kier alpha value is -3.82. The number of carbonyl (C=O) groups excluding carboxylic acids is 4. The molecule has 0 aliphatic rings. The summed E-state index contributed by atoms with van der Waals surface area (Å²) in [5.41, 5.74) is 1.64. The molecule has 10 nitrogen and oxygen atoms in total. The third kappa shape index (κ3) is 11.1. The first-order valence-electron chi connectivity index (χ1n) is 8.92. The van der Waals surface area contributed by atoms with Crippen LogP contribution in [0.25, 0.3) is 0 Å². The summed E-state index contributed by atoms with van der Waals surface area (Å²) in [5.74, 6) is -1.17. The lowest BCUT2D eigenvalue weighted by atomic mass is 10.1. The molecule has 0 spiro atoms. The molecule has 0 saturated heterocycles. The van der Waals surface area contributed by atoms with E-state index in [9.17, 15) is 19.2 Å². The minimum Gasteiger partial charge on any atom is -0.459 e. The lowest BCUT2D eigenvalue weighted by Gasteiger charge is -2.09. The monoisotopic (exact) mass is 420 g/mol. The second-order valence-electron chi connectivity index (χ2n) is 5.54. The molecule has 2 amide bonds. The zero-order valence-electron chi connectivity index (χ0n) is 16.4. The van der Waals surface area contributed by atoms with Crippen molar-refractivity contribution in [3.05, 3.63) is 60.7 Å². The van der Waals surface area contributed by atoms with E-state index in [2.05, 4.69) is 33.3 Å². The first-order chi connectivity index (χ1) is 14.4. The fraction of sp³-hybridized carbons (Fsp3) is 0.300. The number of benzene rings is 1. The molecule has 30 heavy (non-hydrogen) atoms. The number of hydrogen-bond donors (Lipinski definition) is 2. The molecule has 0 bridgehead atoms. The minimum atomic E-state index is -0.642. The van der Waals surface area contributed by atoms with Crippen LogP contribution in [-0.2, 0) is 41.6 Å². The Balaban J connectivity index is 2.20. The minimum absolute atomic E-state index is 0.0532. The molecule has 0 aromatic heterocycles. The average molecular weight is 420 g/mol. The van der Waals surface area contributed by atoms with Crippen molar-refractivity contribution in [2.45, 2.75) is 13.1 Å². The molecule has 0 fully saturated rings. The van der Waals surface area contributed by atoms with Crippen LogP contribution in [-0.4, -0.2) is 50.6 Å². The highest BCUT2D eigenvalue weighted by atomic mass is 16.6. The Labute approximate surface area is 173 Å². The lowest BCUT2D eigenvalue weighted by Crippen LogP contribution is -2.26. The molecule has 0 radical (unpaired) electrons. The van der Waals surface area contributed by atoms with Crippen LogP contribution in [0.5, 0.6) is 0 Å². The van der Waals surface area contributed by atoms with Gasteiger partial charge in [-0.1, -0.05) is 37.4 Å². The third-order valence-electron chi connectivity index (χ3n) is 3.35. The van der Waals surface area contributed by atoms with E-state index < -0.39 is 24.1 Å². The second kappa shape index (κ2) is 14.2. The molecule has 0 aliphatic heterocycles. The van der Waals surface area contributed by atoms with Crippen LogP contribution in [0.2, 0.25) is 0 Å². The van der Waals surface area contributed by atoms with Gasteiger partial charge in [-0.3, -0.25) is 0 Å². The van der Waals surface area contributed by atoms with Crippen molar-refractivity contribution in [3.63, 3.8) is 0 Å². The number of ether oxygens (including phenoxy) is 4. The highest BCUT2D eigenvalue weighted by molar-refractivity contribution is 5.81. The van der Waals surface area contributed by atoms with Gasteiger partial charge in [0, 0.05) is 25.2 Å². The first-order valence-corrected chi connectivity index (χ1v) is 8.92. The summed E-state index contributed by atoms with van der Waals surface area (Å²) in [6.07, 6.45) is 0.756. The Morgan fingerprint density at radius 2 is 1.00 bits per heavy atom. The maximum Gasteiger partial charge on any atom is 0.407 e. The number of alkyl carbamates (subject to hydrolysis) is 2. The fourth-order valence-electron chi connectivity index (χ4n) is 1.90. The molecular weight excluding hydrogens is 396 g/mol. The summed E-state index contributed by atoms with van der Waals surface area (Å²) >= 11 is 0. The zero-order valence-corrected chi connectivity index (χ0v) is 16.4. The maximum absolute atomic E-state index is 11.5. The Kier molecular flexibility index (Phi) is 11.5. The molecule has 0 aliphatic carbocycles. The summed E-state index contributed by atoms with van der Waals surface area (Å²) in [6, 6.07) is 7.12. The zero-order chi connectivity index (χ0) is 22.2. The van der Waals surface area contributed by atoms with Crippen molar-refractivity contribution in [3.8, 4) is 0 Å². The summed E-state index contributed by atoms with van der Waals surface area (Å²) in [7, 11) is 0. The standard InChI is InChI=1S/C20H24N2O8/c1-3-17(23)27-9-11-29-19(25)21-13-15-5-7-16(8-6-15)14-22-20(26)30-12-10-28-18(24)4-2/h3-8H,1-2,9-14H2,(H,21,25)(H,22,26). The molecule has 0 saturated carbocycles. The van der Waals surface area contributed by atoms with Gasteiger partial charge >= 0.3 is 24.1 Å². The molecule has 162 valence electrons. The highest BCUT2D eigenvalue weighted by Gasteiger charge is 2.05. The van der Waals surface area contributed by atoms with E-state index in [4.69, 9.17) is 9.47 Å². The Morgan fingerprint density at radius 1 is 0.667 bits per heavy atom. The van der Waals surface area contributed by atoms with Gasteiger partial charge in [0.2, 0.25) is 0 Å². The van der Waals surface area contributed by atoms with Gasteiger partial charge in [-0.2, -0.15) is 0 Å². The molecule has 1 aromatic carbocycles. The number of carbonyl (C=O) groups is 4. The van der Waals surface area contributed by atoms with E-state index in [0.29, 0.717) is 0 Å². The van der Waals surface area contributed by atoms with E-state index in [1.54, 1.807) is 24.3 Å². The van der Waals surface area contributed by atoms with Crippen LogP contribution < -0.4 is 10.6 Å². The summed E-state index contributed by atoms with van der Waals surface area (Å²) < 4.78 is 19.1. The lowest BCUT2D eigenvalue weighted by molar-refractivity contribution is -0.139. The van der Waals surface area contributed by atoms with Gasteiger partial charge in [-0.05, 0) is 11.1 Å². The van der Waals surface area contributed by atoms with Crippen LogP contribution in [0, 0.1) is 0 Å². The van der Waals surface area contributed by atoms with Crippen molar-refractivity contribution >= 4 is 24.1 Å². The van der Waals surface area contributed by atoms with Gasteiger partial charge in [0.15, 0.2) is 0 Å². The molecule has 0 unspecified atom stereocenters. The van der Waals surface area contributed by atoms with Crippen LogP contribution >= 0.6 is 0 Å². The maximum atomic E-state index is 11.5. The van der Waals surface area contributed by atoms with Crippen molar-refractivity contribution in [2.24, 2.45) is 0 Å². The Morgan fingerprint density at radius 3 is 1.33 bits per heavy atom. The number of rotatable bonds is 12. The fourth-order valence-corrected chi connectivity index (χ4v) is 1.90. The Bertz CT molecular complexity index is 683. The van der Waals surface area contributed by atoms with E-state index >= 15 is 0 Å². The highest BCUT2D eigenvalue weighted by Crippen LogP contribution is 2.04. The van der Waals surface area contributed by atoms with Crippen LogP contribution in [0.1, 0.15) is 11.1 Å². The van der Waals surface area contributed by atoms with Crippen molar-refractivity contribution in [1.82, 2.24) is 10.6 Å². The predicted molar refractivity (Wildman–Crippen MR) is 105 cm³/mol. The average Bonchev–Trinajstić information content (AvgIpc) is 2.76. The number of esters is 2. The SMILES string of the molecule is C=CC(=O)OCCOC(=O)NCc1ccc(CNC(=O)OCCOC(=O)C=C)cc1. The molecular formula is C20H24N2O8. The van der Waals surface area contributed by atoms with E-state index in [0.717, 1.165) is 23.3 Å². The molecule has 1 aromatic rings. The van der Waals surface area contributed by atoms with Crippen LogP contribution in [0.15, 0.2) is 49.6 Å². The quantitative estimate of drug-likeness (QED) is 0.226. The van der Waals surface area contributed by atoms with Gasteiger partial charge < -0.3 is 29.6 Å². The van der Waals surface area contributed by atoms with Gasteiger partial charge in [-0.25, -0.2) is 19.2 Å². The molecule has 1 rings (SSSR count). The normalized spacial score (nSPS) is 9.60. The summed E-state index contributed by atoms with van der Waals surface area (Å²) in [6.45, 7) is 6.74. The second-order valence-corrected chi connectivity index (χ2v) is 5.54. The van der Waals surface area contributed by atoms with E-state index in [-0.39, 0.29) is 39.5 Å². The van der Waals surface area contributed by atoms with Gasteiger partial charge in [0.25, 0.3) is 0 Å². The smallest absolute Gasteiger partial charge is 0.407 e. The van der Waals surface area contributed by atoms with Gasteiger partial charge in [-0.15, -0.1) is 0 Å². The topological polar surface area (TPSA) is 129 Å². The first kappa shape index (κ1) is 24.2. The molecule has 10 heteroatoms. The third-order valence-corrected chi connectivity index (χ3v) is 3.35. The van der Waals surface area contributed by atoms with E-state index in [1.807, 2.05) is 0 Å². The number of amides is 2. The van der Waals surface area contributed by atoms with E-state index in [1.165, 1.54) is 0 Å². The van der Waals surface area contributed by atoms with Crippen molar-refractivity contribution < 1.29 is 38.1 Å². The summed E-state index contributed by atoms with van der Waals surface area (Å²) in [5, 5.41) is 5.12. The number of nitrogens with one attached hydrogen (secondary N) is 2. The predicted octanol–water partition coefficient (Wildman–Crippen LogP) is 1.60. The van der Waals surface area contributed by atoms with Gasteiger partial charge in [0.05, 0.1) is 0 Å². The summed E-state index contributed by atoms with van der Waals surface area (Å²) in [4.78, 5) is 44.7. The van der Waals surface area contributed by atoms with Crippen molar-refractivity contribution in [1.29, 1.82) is 0 Å². The molecule has 0 atom stereocenters. The molecule has 2 N–H and O–H groups in total. The van der Waals surface area contributed by atoms with Gasteiger partial charge in [0.1, 0.15) is 26.4 Å². The molecule has 0 heterocycles. The van der Waals surface area contributed by atoms with Crippen LogP contribution in [0.3, 0.4) is 0 Å². The number of hydrogen-bond acceptors (Lipinski definition) is 8. The van der Waals surface area contributed by atoms with Crippen molar-refractivity contribution in [2.75, 3.05) is 26.4 Å². The van der Waals surface area contributed by atoms with Crippen LogP contribution in [0.4, 0.5) is 9.59 Å². The largest absolute Gasteiger partial charge is 0.459 e.